The zero-order chi connectivity index (χ0) is 20.7. The van der Waals surface area contributed by atoms with Crippen LogP contribution in [0.3, 0.4) is 0 Å². The van der Waals surface area contributed by atoms with Gasteiger partial charge in [0.2, 0.25) is 15.9 Å². The van der Waals surface area contributed by atoms with E-state index in [1.165, 1.54) is 10.4 Å². The van der Waals surface area contributed by atoms with Crippen molar-refractivity contribution < 1.29 is 13.2 Å². The molecule has 156 valence electrons. The Morgan fingerprint density at radius 3 is 2.46 bits per heavy atom. The topological polar surface area (TPSA) is 69.7 Å². The van der Waals surface area contributed by atoms with Gasteiger partial charge in [-0.2, -0.15) is 4.31 Å². The first-order valence-corrected chi connectivity index (χ1v) is 11.9. The molecule has 0 unspecified atom stereocenters. The Bertz CT molecular complexity index is 854. The zero-order valence-corrected chi connectivity index (χ0v) is 18.7. The second kappa shape index (κ2) is 8.11. The fraction of sp³-hybridized carbons (Fsp3) is 0.632. The van der Waals surface area contributed by atoms with Crippen LogP contribution in [0.2, 0.25) is 10.0 Å². The summed E-state index contributed by atoms with van der Waals surface area (Å²) < 4.78 is 27.6. The van der Waals surface area contributed by atoms with Gasteiger partial charge in [0.05, 0.1) is 21.7 Å². The van der Waals surface area contributed by atoms with Gasteiger partial charge in [-0.1, -0.05) is 49.5 Å². The van der Waals surface area contributed by atoms with Crippen molar-refractivity contribution in [2.24, 2.45) is 5.92 Å². The van der Waals surface area contributed by atoms with Crippen molar-refractivity contribution in [2.45, 2.75) is 56.6 Å². The lowest BCUT2D eigenvalue weighted by Gasteiger charge is -2.44. The lowest BCUT2D eigenvalue weighted by atomic mass is 9.96. The lowest BCUT2D eigenvalue weighted by molar-refractivity contribution is -0.133. The lowest BCUT2D eigenvalue weighted by Crippen LogP contribution is -2.59. The number of rotatable bonds is 5. The standard InChI is InChI=1S/C19H27Cl2N3O3S/c1-4-13(3)17-18(25)24(5-2)19(22-17)9-11-23(12-10-19)28(26,27)15-8-6-7-14(20)16(15)21/h6-8,13,17,22H,4-5,9-12H2,1-3H3/t13-,17-/m0/s1. The summed E-state index contributed by atoms with van der Waals surface area (Å²) in [6.07, 6.45) is 1.98. The predicted molar refractivity (Wildman–Crippen MR) is 111 cm³/mol. The van der Waals surface area contributed by atoms with Crippen molar-refractivity contribution in [3.63, 3.8) is 0 Å². The number of benzene rings is 1. The molecule has 2 atom stereocenters. The summed E-state index contributed by atoms with van der Waals surface area (Å²) in [5.74, 6) is 0.346. The fourth-order valence-corrected chi connectivity index (χ4v) is 6.40. The fourth-order valence-electron chi connectivity index (χ4n) is 4.22. The van der Waals surface area contributed by atoms with Crippen molar-refractivity contribution in [2.75, 3.05) is 19.6 Å². The van der Waals surface area contributed by atoms with E-state index >= 15 is 0 Å². The Morgan fingerprint density at radius 2 is 1.89 bits per heavy atom. The largest absolute Gasteiger partial charge is 0.323 e. The predicted octanol–water partition coefficient (Wildman–Crippen LogP) is 3.34. The molecule has 0 saturated carbocycles. The minimum absolute atomic E-state index is 0.0258. The average Bonchev–Trinajstić information content (AvgIpc) is 2.94. The number of carbonyl (C=O) groups excluding carboxylic acids is 1. The summed E-state index contributed by atoms with van der Waals surface area (Å²) in [5, 5.41) is 3.81. The van der Waals surface area contributed by atoms with E-state index < -0.39 is 15.7 Å². The molecule has 0 radical (unpaired) electrons. The van der Waals surface area contributed by atoms with E-state index in [1.54, 1.807) is 12.1 Å². The molecular weight excluding hydrogens is 421 g/mol. The maximum atomic E-state index is 13.1. The SMILES string of the molecule is CC[C@H](C)[C@@H]1NC2(CCN(S(=O)(=O)c3cccc(Cl)c3Cl)CC2)N(CC)C1=O. The molecule has 1 N–H and O–H groups in total. The van der Waals surface area contributed by atoms with Crippen LogP contribution in [0.25, 0.3) is 0 Å². The van der Waals surface area contributed by atoms with Gasteiger partial charge in [-0.15, -0.1) is 0 Å². The number of hydrogen-bond donors (Lipinski definition) is 1. The Hall–Kier alpha value is -0.860. The molecule has 0 aromatic heterocycles. The van der Waals surface area contributed by atoms with Crippen molar-refractivity contribution in [1.29, 1.82) is 0 Å². The van der Waals surface area contributed by atoms with Gasteiger partial charge in [0.15, 0.2) is 0 Å². The van der Waals surface area contributed by atoms with Gasteiger partial charge in [0.25, 0.3) is 0 Å². The van der Waals surface area contributed by atoms with Crippen LogP contribution < -0.4 is 5.32 Å². The van der Waals surface area contributed by atoms with E-state index in [2.05, 4.69) is 19.2 Å². The number of piperidine rings is 1. The monoisotopic (exact) mass is 447 g/mol. The number of likely N-dealkylation sites (N-methyl/N-ethyl adjacent to an activating group) is 1. The Balaban J connectivity index is 1.82. The molecule has 6 nitrogen and oxygen atoms in total. The van der Waals surface area contributed by atoms with Gasteiger partial charge in [0, 0.05) is 19.6 Å². The van der Waals surface area contributed by atoms with Gasteiger partial charge in [-0.3, -0.25) is 10.1 Å². The average molecular weight is 448 g/mol. The summed E-state index contributed by atoms with van der Waals surface area (Å²) in [6.45, 7) is 7.35. The first-order chi connectivity index (χ1) is 13.2. The van der Waals surface area contributed by atoms with Crippen LogP contribution in [-0.2, 0) is 14.8 Å². The quantitative estimate of drug-likeness (QED) is 0.750. The second-order valence-electron chi connectivity index (χ2n) is 7.58. The van der Waals surface area contributed by atoms with E-state index in [1.807, 2.05) is 11.8 Å². The second-order valence-corrected chi connectivity index (χ2v) is 10.3. The highest BCUT2D eigenvalue weighted by molar-refractivity contribution is 7.89. The molecule has 0 bridgehead atoms. The zero-order valence-electron chi connectivity index (χ0n) is 16.4. The van der Waals surface area contributed by atoms with Crippen molar-refractivity contribution in [3.05, 3.63) is 28.2 Å². The minimum Gasteiger partial charge on any atom is -0.323 e. The van der Waals surface area contributed by atoms with E-state index in [9.17, 15) is 13.2 Å². The van der Waals surface area contributed by atoms with Crippen LogP contribution >= 0.6 is 23.2 Å². The molecule has 1 aromatic carbocycles. The molecule has 0 aliphatic carbocycles. The highest BCUT2D eigenvalue weighted by Crippen LogP contribution is 2.37. The van der Waals surface area contributed by atoms with Gasteiger partial charge >= 0.3 is 0 Å². The smallest absolute Gasteiger partial charge is 0.244 e. The third kappa shape index (κ3) is 3.56. The van der Waals surface area contributed by atoms with Crippen LogP contribution in [0.15, 0.2) is 23.1 Å². The van der Waals surface area contributed by atoms with Crippen LogP contribution in [0.4, 0.5) is 0 Å². The Kier molecular flexibility index (Phi) is 6.32. The molecule has 3 rings (SSSR count). The molecule has 1 aromatic rings. The summed E-state index contributed by atoms with van der Waals surface area (Å²) >= 11 is 12.2. The maximum Gasteiger partial charge on any atom is 0.244 e. The van der Waals surface area contributed by atoms with Crippen LogP contribution in [0.5, 0.6) is 0 Å². The number of nitrogens with one attached hydrogen (secondary N) is 1. The third-order valence-corrected chi connectivity index (χ3v) is 8.96. The van der Waals surface area contributed by atoms with Gasteiger partial charge in [-0.05, 0) is 37.8 Å². The van der Waals surface area contributed by atoms with Gasteiger partial charge in [-0.25, -0.2) is 8.42 Å². The Morgan fingerprint density at radius 1 is 1.25 bits per heavy atom. The molecule has 1 spiro atoms. The summed E-state index contributed by atoms with van der Waals surface area (Å²) in [7, 11) is -3.75. The van der Waals surface area contributed by atoms with E-state index in [0.717, 1.165) is 6.42 Å². The Labute approximate surface area is 177 Å². The molecule has 2 heterocycles. The summed E-state index contributed by atoms with van der Waals surface area (Å²) in [6, 6.07) is 4.41. The van der Waals surface area contributed by atoms with Crippen molar-refractivity contribution in [3.8, 4) is 0 Å². The first-order valence-electron chi connectivity index (χ1n) is 9.71. The van der Waals surface area contributed by atoms with Gasteiger partial charge < -0.3 is 4.90 Å². The van der Waals surface area contributed by atoms with Gasteiger partial charge in [0.1, 0.15) is 4.90 Å². The van der Waals surface area contributed by atoms with Crippen molar-refractivity contribution >= 4 is 39.1 Å². The first kappa shape index (κ1) is 21.8. The molecule has 28 heavy (non-hydrogen) atoms. The molecule has 2 aliphatic rings. The number of amides is 1. The molecule has 2 saturated heterocycles. The molecular formula is C19H27Cl2N3O3S. The summed E-state index contributed by atoms with van der Waals surface area (Å²) in [5.41, 5.74) is -0.482. The summed E-state index contributed by atoms with van der Waals surface area (Å²) in [4.78, 5) is 14.8. The maximum absolute atomic E-state index is 13.1. The number of hydrogen-bond acceptors (Lipinski definition) is 4. The molecule has 2 aliphatic heterocycles. The number of carbonyl (C=O) groups is 1. The molecule has 9 heteroatoms. The van der Waals surface area contributed by atoms with Crippen LogP contribution in [0.1, 0.15) is 40.0 Å². The van der Waals surface area contributed by atoms with E-state index in [4.69, 9.17) is 23.2 Å². The van der Waals surface area contributed by atoms with Crippen LogP contribution in [0, 0.1) is 5.92 Å². The number of halogens is 2. The normalized spacial score (nSPS) is 24.1. The van der Waals surface area contributed by atoms with E-state index in [0.29, 0.717) is 32.5 Å². The molecule has 1 amide bonds. The molecule has 2 fully saturated rings. The third-order valence-electron chi connectivity index (χ3n) is 6.09. The highest BCUT2D eigenvalue weighted by atomic mass is 35.5. The van der Waals surface area contributed by atoms with Crippen molar-refractivity contribution in [1.82, 2.24) is 14.5 Å². The van der Waals surface area contributed by atoms with Crippen LogP contribution in [-0.4, -0.2) is 54.9 Å². The number of nitrogens with zero attached hydrogens (tertiary/aromatic N) is 2. The highest BCUT2D eigenvalue weighted by Gasteiger charge is 2.52. The number of sulfonamides is 1. The minimum atomic E-state index is -3.75. The van der Waals surface area contributed by atoms with E-state index in [-0.39, 0.29) is 32.8 Å².